The van der Waals surface area contributed by atoms with Crippen molar-refractivity contribution in [1.29, 1.82) is 0 Å². The lowest BCUT2D eigenvalue weighted by Crippen LogP contribution is -2.14. The number of benzene rings is 1. The van der Waals surface area contributed by atoms with Gasteiger partial charge in [-0.3, -0.25) is 9.78 Å². The van der Waals surface area contributed by atoms with Gasteiger partial charge < -0.3 is 5.32 Å². The molecule has 1 heterocycles. The van der Waals surface area contributed by atoms with Crippen LogP contribution >= 0.6 is 11.8 Å². The number of amides is 1. The van der Waals surface area contributed by atoms with Gasteiger partial charge in [0, 0.05) is 11.1 Å². The van der Waals surface area contributed by atoms with Gasteiger partial charge in [-0.25, -0.2) is 0 Å². The van der Waals surface area contributed by atoms with Gasteiger partial charge in [-0.2, -0.15) is 0 Å². The fourth-order valence-electron chi connectivity index (χ4n) is 1.64. The van der Waals surface area contributed by atoms with Crippen molar-refractivity contribution in [3.8, 4) is 0 Å². The molecule has 0 aliphatic heterocycles. The maximum atomic E-state index is 11.8. The van der Waals surface area contributed by atoms with Crippen LogP contribution in [0.3, 0.4) is 0 Å². The van der Waals surface area contributed by atoms with Gasteiger partial charge in [-0.15, -0.1) is 11.8 Å². The van der Waals surface area contributed by atoms with Crippen LogP contribution in [0.15, 0.2) is 47.6 Å². The van der Waals surface area contributed by atoms with E-state index in [0.29, 0.717) is 5.75 Å². The highest BCUT2D eigenvalue weighted by Gasteiger charge is 2.05. The number of aromatic nitrogens is 1. The second-order valence-corrected chi connectivity index (χ2v) is 5.36. The molecule has 2 aromatic rings. The molecular formula is C15H16N2OS. The fourth-order valence-corrected chi connectivity index (χ4v) is 2.56. The highest BCUT2D eigenvalue weighted by Crippen LogP contribution is 2.23. The van der Waals surface area contributed by atoms with Crippen LogP contribution in [-0.2, 0) is 4.79 Å². The summed E-state index contributed by atoms with van der Waals surface area (Å²) in [5, 5.41) is 2.82. The molecule has 0 saturated carbocycles. The van der Waals surface area contributed by atoms with Crippen LogP contribution in [0.25, 0.3) is 0 Å². The van der Waals surface area contributed by atoms with E-state index in [1.165, 1.54) is 11.1 Å². The normalized spacial score (nSPS) is 10.2. The third kappa shape index (κ3) is 4.10. The summed E-state index contributed by atoms with van der Waals surface area (Å²) in [6.45, 7) is 4.11. The van der Waals surface area contributed by atoms with Crippen molar-refractivity contribution in [2.75, 3.05) is 11.1 Å². The third-order valence-electron chi connectivity index (χ3n) is 2.65. The summed E-state index contributed by atoms with van der Waals surface area (Å²) in [4.78, 5) is 16.9. The topological polar surface area (TPSA) is 42.0 Å². The molecule has 0 unspecified atom stereocenters. The van der Waals surface area contributed by atoms with Crippen LogP contribution in [-0.4, -0.2) is 16.6 Å². The van der Waals surface area contributed by atoms with Gasteiger partial charge in [-0.1, -0.05) is 17.7 Å². The number of rotatable bonds is 4. The molecule has 0 spiro atoms. The standard InChI is InChI=1S/C15H16N2OS/c1-11-5-6-12(2)14(8-11)19-10-15(18)17-13-4-3-7-16-9-13/h3-9H,10H2,1-2H3,(H,17,18). The van der Waals surface area contributed by atoms with Crippen LogP contribution in [0.2, 0.25) is 0 Å². The SMILES string of the molecule is Cc1ccc(C)c(SCC(=O)Nc2cccnc2)c1. The Bertz CT molecular complexity index is 570. The molecule has 19 heavy (non-hydrogen) atoms. The minimum absolute atomic E-state index is 0.0149. The smallest absolute Gasteiger partial charge is 0.234 e. The largest absolute Gasteiger partial charge is 0.324 e. The molecule has 2 rings (SSSR count). The third-order valence-corrected chi connectivity index (χ3v) is 3.81. The number of hydrogen-bond donors (Lipinski definition) is 1. The predicted octanol–water partition coefficient (Wildman–Crippen LogP) is 3.43. The van der Waals surface area contributed by atoms with Gasteiger partial charge in [0.25, 0.3) is 0 Å². The Morgan fingerprint density at radius 2 is 2.16 bits per heavy atom. The van der Waals surface area contributed by atoms with E-state index >= 15 is 0 Å². The molecule has 1 amide bonds. The number of aryl methyl sites for hydroxylation is 2. The Kier molecular flexibility index (Phi) is 4.58. The van der Waals surface area contributed by atoms with Crippen LogP contribution < -0.4 is 5.32 Å². The summed E-state index contributed by atoms with van der Waals surface area (Å²) in [7, 11) is 0. The average molecular weight is 272 g/mol. The zero-order chi connectivity index (χ0) is 13.7. The molecule has 0 atom stereocenters. The summed E-state index contributed by atoms with van der Waals surface area (Å²) in [5.74, 6) is 0.387. The summed E-state index contributed by atoms with van der Waals surface area (Å²) in [6, 6.07) is 9.89. The molecule has 0 aliphatic carbocycles. The second-order valence-electron chi connectivity index (χ2n) is 4.35. The molecule has 1 aromatic heterocycles. The molecule has 0 radical (unpaired) electrons. The summed E-state index contributed by atoms with van der Waals surface area (Å²) in [6.07, 6.45) is 3.32. The monoisotopic (exact) mass is 272 g/mol. The number of nitrogens with one attached hydrogen (secondary N) is 1. The number of anilines is 1. The van der Waals surface area contributed by atoms with Gasteiger partial charge in [0.1, 0.15) is 0 Å². The summed E-state index contributed by atoms with van der Waals surface area (Å²) in [5.41, 5.74) is 3.14. The Hall–Kier alpha value is -1.81. The predicted molar refractivity (Wildman–Crippen MR) is 79.5 cm³/mol. The molecule has 0 fully saturated rings. The van der Waals surface area contributed by atoms with Crippen LogP contribution in [0.1, 0.15) is 11.1 Å². The van der Waals surface area contributed by atoms with Gasteiger partial charge in [0.15, 0.2) is 0 Å². The van der Waals surface area contributed by atoms with Crippen molar-refractivity contribution >= 4 is 23.4 Å². The number of carbonyl (C=O) groups excluding carboxylic acids is 1. The zero-order valence-corrected chi connectivity index (χ0v) is 11.8. The van der Waals surface area contributed by atoms with Gasteiger partial charge in [0.2, 0.25) is 5.91 Å². The zero-order valence-electron chi connectivity index (χ0n) is 11.0. The fraction of sp³-hybridized carbons (Fsp3) is 0.200. The van der Waals surface area contributed by atoms with E-state index < -0.39 is 0 Å². The molecule has 3 nitrogen and oxygen atoms in total. The number of thioether (sulfide) groups is 1. The van der Waals surface area contributed by atoms with Crippen molar-refractivity contribution in [2.45, 2.75) is 18.7 Å². The first-order valence-electron chi connectivity index (χ1n) is 6.05. The lowest BCUT2D eigenvalue weighted by molar-refractivity contribution is -0.113. The van der Waals surface area contributed by atoms with E-state index in [-0.39, 0.29) is 5.91 Å². The maximum absolute atomic E-state index is 11.8. The molecule has 0 aliphatic rings. The Morgan fingerprint density at radius 1 is 1.32 bits per heavy atom. The molecule has 1 aromatic carbocycles. The van der Waals surface area contributed by atoms with E-state index in [9.17, 15) is 4.79 Å². The van der Waals surface area contributed by atoms with Crippen molar-refractivity contribution in [1.82, 2.24) is 4.98 Å². The lowest BCUT2D eigenvalue weighted by atomic mass is 10.2. The molecule has 1 N–H and O–H groups in total. The first kappa shape index (κ1) is 13.6. The molecule has 4 heteroatoms. The van der Waals surface area contributed by atoms with Crippen LogP contribution in [0, 0.1) is 13.8 Å². The number of nitrogens with zero attached hydrogens (tertiary/aromatic N) is 1. The van der Waals surface area contributed by atoms with Gasteiger partial charge >= 0.3 is 0 Å². The van der Waals surface area contributed by atoms with Crippen LogP contribution in [0.5, 0.6) is 0 Å². The van der Waals surface area contributed by atoms with E-state index in [2.05, 4.69) is 42.3 Å². The number of pyridine rings is 1. The first-order valence-corrected chi connectivity index (χ1v) is 7.03. The minimum atomic E-state index is -0.0149. The van der Waals surface area contributed by atoms with Gasteiger partial charge in [-0.05, 0) is 37.6 Å². The van der Waals surface area contributed by atoms with E-state index in [1.54, 1.807) is 30.2 Å². The summed E-state index contributed by atoms with van der Waals surface area (Å²) < 4.78 is 0. The first-order chi connectivity index (χ1) is 9.15. The Balaban J connectivity index is 1.92. The molecule has 98 valence electrons. The van der Waals surface area contributed by atoms with E-state index in [4.69, 9.17) is 0 Å². The second kappa shape index (κ2) is 6.38. The molecule has 0 bridgehead atoms. The highest BCUT2D eigenvalue weighted by molar-refractivity contribution is 8.00. The lowest BCUT2D eigenvalue weighted by Gasteiger charge is -2.07. The van der Waals surface area contributed by atoms with Crippen molar-refractivity contribution in [3.05, 3.63) is 53.9 Å². The average Bonchev–Trinajstić information content (AvgIpc) is 2.41. The van der Waals surface area contributed by atoms with Crippen molar-refractivity contribution in [3.63, 3.8) is 0 Å². The quantitative estimate of drug-likeness (QED) is 0.867. The Labute approximate surface area is 117 Å². The van der Waals surface area contributed by atoms with Crippen LogP contribution in [0.4, 0.5) is 5.69 Å². The Morgan fingerprint density at radius 3 is 2.89 bits per heavy atom. The van der Waals surface area contributed by atoms with Crippen molar-refractivity contribution < 1.29 is 4.79 Å². The number of carbonyl (C=O) groups is 1. The highest BCUT2D eigenvalue weighted by atomic mass is 32.2. The van der Waals surface area contributed by atoms with E-state index in [1.807, 2.05) is 6.07 Å². The van der Waals surface area contributed by atoms with Crippen molar-refractivity contribution in [2.24, 2.45) is 0 Å². The van der Waals surface area contributed by atoms with Gasteiger partial charge in [0.05, 0.1) is 17.6 Å². The minimum Gasteiger partial charge on any atom is -0.324 e. The number of hydrogen-bond acceptors (Lipinski definition) is 3. The molecule has 0 saturated heterocycles. The summed E-state index contributed by atoms with van der Waals surface area (Å²) >= 11 is 1.56. The maximum Gasteiger partial charge on any atom is 0.234 e. The molecular weight excluding hydrogens is 256 g/mol. The van der Waals surface area contributed by atoms with E-state index in [0.717, 1.165) is 10.6 Å².